The van der Waals surface area contributed by atoms with Crippen LogP contribution in [0.2, 0.25) is 0 Å². The fraction of sp³-hybridized carbons (Fsp3) is 0.529. The molecule has 0 amide bonds. The van der Waals surface area contributed by atoms with Gasteiger partial charge in [0, 0.05) is 32.2 Å². The van der Waals surface area contributed by atoms with Gasteiger partial charge >= 0.3 is 0 Å². The van der Waals surface area contributed by atoms with Crippen molar-refractivity contribution in [2.75, 3.05) is 26.2 Å². The molecule has 0 aliphatic carbocycles. The van der Waals surface area contributed by atoms with Crippen LogP contribution in [0.4, 0.5) is 0 Å². The molecule has 1 heterocycles. The number of halogens is 2. The Bertz CT molecular complexity index is 451. The minimum Gasteiger partial charge on any atom is -0.507 e. The Morgan fingerprint density at radius 2 is 1.77 bits per heavy atom. The molecule has 1 aliphatic heterocycles. The lowest BCUT2D eigenvalue weighted by Crippen LogP contribution is -2.45. The van der Waals surface area contributed by atoms with Crippen molar-refractivity contribution < 1.29 is 5.11 Å². The van der Waals surface area contributed by atoms with Crippen molar-refractivity contribution in [1.82, 2.24) is 10.2 Å². The van der Waals surface area contributed by atoms with Crippen molar-refractivity contribution in [1.29, 1.82) is 0 Å². The number of aromatic hydroxyl groups is 1. The van der Waals surface area contributed by atoms with Crippen molar-refractivity contribution in [2.24, 2.45) is 0 Å². The van der Waals surface area contributed by atoms with Gasteiger partial charge in [0.2, 0.25) is 0 Å². The van der Waals surface area contributed by atoms with Crippen LogP contribution in [-0.4, -0.2) is 36.2 Å². The third-order valence-electron chi connectivity index (χ3n) is 4.13. The third-order valence-corrected chi connectivity index (χ3v) is 4.13. The van der Waals surface area contributed by atoms with Gasteiger partial charge in [-0.15, -0.1) is 31.4 Å². The van der Waals surface area contributed by atoms with Gasteiger partial charge in [-0.05, 0) is 43.4 Å². The van der Waals surface area contributed by atoms with E-state index in [0.717, 1.165) is 50.1 Å². The second-order valence-corrected chi connectivity index (χ2v) is 5.67. The molecule has 0 radical (unpaired) electrons. The summed E-state index contributed by atoms with van der Waals surface area (Å²) >= 11 is 0. The predicted molar refractivity (Wildman–Crippen MR) is 98.7 cm³/mol. The molecule has 1 aliphatic rings. The maximum absolute atomic E-state index is 9.96. The number of benzene rings is 1. The first-order valence-corrected chi connectivity index (χ1v) is 7.49. The Hall–Kier alpha value is -0.740. The maximum atomic E-state index is 9.96. The second-order valence-electron chi connectivity index (χ2n) is 5.67. The standard InChI is InChI=1S/C17H26N2O.2ClH/c1-4-5-6-16(19-9-7-18-8-10-19)15-11-13(2)17(20)14(3)12-15;;/h4,11-12,16,18,20H,1,5-10H2,2-3H3;2*1H/t16-;;/m0../s1. The molecule has 1 fully saturated rings. The predicted octanol–water partition coefficient (Wildman–Crippen LogP) is 3.77. The molecule has 0 aromatic heterocycles. The molecule has 1 atom stereocenters. The summed E-state index contributed by atoms with van der Waals surface area (Å²) in [4.78, 5) is 2.55. The molecule has 2 rings (SSSR count). The van der Waals surface area contributed by atoms with Gasteiger partial charge in [-0.3, -0.25) is 4.90 Å². The Kier molecular flexibility index (Phi) is 9.77. The largest absolute Gasteiger partial charge is 0.507 e. The number of piperazine rings is 1. The van der Waals surface area contributed by atoms with Crippen molar-refractivity contribution in [3.8, 4) is 5.75 Å². The first-order chi connectivity index (χ1) is 9.63. The Morgan fingerprint density at radius 3 is 2.27 bits per heavy atom. The van der Waals surface area contributed by atoms with E-state index in [1.54, 1.807) is 0 Å². The summed E-state index contributed by atoms with van der Waals surface area (Å²) in [5.41, 5.74) is 3.26. The van der Waals surface area contributed by atoms with Crippen molar-refractivity contribution >= 4 is 24.8 Å². The van der Waals surface area contributed by atoms with Crippen molar-refractivity contribution in [3.05, 3.63) is 41.5 Å². The van der Waals surface area contributed by atoms with Crippen LogP contribution in [0.15, 0.2) is 24.8 Å². The summed E-state index contributed by atoms with van der Waals surface area (Å²) in [5.74, 6) is 0.427. The fourth-order valence-corrected chi connectivity index (χ4v) is 3.01. The molecule has 0 spiro atoms. The van der Waals surface area contributed by atoms with E-state index in [1.165, 1.54) is 5.56 Å². The van der Waals surface area contributed by atoms with E-state index in [1.807, 2.05) is 19.9 Å². The van der Waals surface area contributed by atoms with Crippen LogP contribution in [-0.2, 0) is 0 Å². The highest BCUT2D eigenvalue weighted by atomic mass is 35.5. The summed E-state index contributed by atoms with van der Waals surface area (Å²) in [6, 6.07) is 4.70. The molecule has 1 saturated heterocycles. The summed E-state index contributed by atoms with van der Waals surface area (Å²) < 4.78 is 0. The number of hydrogen-bond donors (Lipinski definition) is 2. The highest BCUT2D eigenvalue weighted by Gasteiger charge is 2.22. The zero-order valence-corrected chi connectivity index (χ0v) is 15.1. The van der Waals surface area contributed by atoms with Gasteiger partial charge in [0.05, 0.1) is 0 Å². The molecule has 0 bridgehead atoms. The van der Waals surface area contributed by atoms with E-state index in [-0.39, 0.29) is 24.8 Å². The van der Waals surface area contributed by atoms with Crippen LogP contribution in [0, 0.1) is 13.8 Å². The van der Waals surface area contributed by atoms with E-state index in [2.05, 4.69) is 28.9 Å². The van der Waals surface area contributed by atoms with E-state index in [4.69, 9.17) is 0 Å². The van der Waals surface area contributed by atoms with Crippen molar-refractivity contribution in [2.45, 2.75) is 32.7 Å². The highest BCUT2D eigenvalue weighted by Crippen LogP contribution is 2.31. The van der Waals surface area contributed by atoms with E-state index >= 15 is 0 Å². The average Bonchev–Trinajstić information content (AvgIpc) is 2.46. The van der Waals surface area contributed by atoms with E-state index < -0.39 is 0 Å². The van der Waals surface area contributed by atoms with E-state index in [9.17, 15) is 5.11 Å². The maximum Gasteiger partial charge on any atom is 0.121 e. The van der Waals surface area contributed by atoms with Crippen LogP contribution in [0.3, 0.4) is 0 Å². The third kappa shape index (κ3) is 5.17. The molecular formula is C17H28Cl2N2O. The number of aryl methyl sites for hydroxylation is 2. The van der Waals surface area contributed by atoms with Crippen LogP contribution in [0.25, 0.3) is 0 Å². The quantitative estimate of drug-likeness (QED) is 0.796. The summed E-state index contributed by atoms with van der Waals surface area (Å²) in [7, 11) is 0. The SMILES string of the molecule is C=CCC[C@@H](c1cc(C)c(O)c(C)c1)N1CCNCC1.Cl.Cl. The zero-order chi connectivity index (χ0) is 14.5. The molecule has 1 aromatic rings. The van der Waals surface area contributed by atoms with Crippen LogP contribution < -0.4 is 5.32 Å². The Labute approximate surface area is 146 Å². The summed E-state index contributed by atoms with van der Waals surface area (Å²) in [6.45, 7) is 12.1. The number of phenolic OH excluding ortho intramolecular Hbond substituents is 1. The van der Waals surface area contributed by atoms with Gasteiger partial charge in [0.25, 0.3) is 0 Å². The molecule has 5 heteroatoms. The number of allylic oxidation sites excluding steroid dienone is 1. The minimum absolute atomic E-state index is 0. The summed E-state index contributed by atoms with van der Waals surface area (Å²) in [6.07, 6.45) is 4.11. The fourth-order valence-electron chi connectivity index (χ4n) is 3.01. The van der Waals surface area contributed by atoms with Crippen LogP contribution in [0.5, 0.6) is 5.75 Å². The van der Waals surface area contributed by atoms with Gasteiger partial charge in [0.1, 0.15) is 5.75 Å². The molecule has 3 nitrogen and oxygen atoms in total. The molecule has 0 saturated carbocycles. The normalized spacial score (nSPS) is 16.3. The topological polar surface area (TPSA) is 35.5 Å². The second kappa shape index (κ2) is 10.1. The Balaban J connectivity index is 0.00000220. The molecule has 2 N–H and O–H groups in total. The van der Waals surface area contributed by atoms with Crippen LogP contribution >= 0.6 is 24.8 Å². The van der Waals surface area contributed by atoms with Crippen LogP contribution in [0.1, 0.15) is 35.6 Å². The highest BCUT2D eigenvalue weighted by molar-refractivity contribution is 5.85. The smallest absolute Gasteiger partial charge is 0.121 e. The Morgan fingerprint density at radius 1 is 1.23 bits per heavy atom. The number of hydrogen-bond acceptors (Lipinski definition) is 3. The van der Waals surface area contributed by atoms with Gasteiger partial charge < -0.3 is 10.4 Å². The van der Waals surface area contributed by atoms with Gasteiger partial charge in [0.15, 0.2) is 0 Å². The first-order valence-electron chi connectivity index (χ1n) is 7.49. The number of rotatable bonds is 5. The van der Waals surface area contributed by atoms with Gasteiger partial charge in [-0.1, -0.05) is 18.2 Å². The van der Waals surface area contributed by atoms with Crippen molar-refractivity contribution in [3.63, 3.8) is 0 Å². The summed E-state index contributed by atoms with van der Waals surface area (Å²) in [5, 5.41) is 13.4. The molecular weight excluding hydrogens is 319 g/mol. The molecule has 126 valence electrons. The molecule has 0 unspecified atom stereocenters. The number of nitrogens with zero attached hydrogens (tertiary/aromatic N) is 1. The lowest BCUT2D eigenvalue weighted by Gasteiger charge is -2.35. The van der Waals surface area contributed by atoms with E-state index in [0.29, 0.717) is 11.8 Å². The van der Waals surface area contributed by atoms with Gasteiger partial charge in [-0.2, -0.15) is 0 Å². The van der Waals surface area contributed by atoms with Gasteiger partial charge in [-0.25, -0.2) is 0 Å². The molecule has 22 heavy (non-hydrogen) atoms. The number of nitrogens with one attached hydrogen (secondary N) is 1. The minimum atomic E-state index is 0. The average molecular weight is 347 g/mol. The monoisotopic (exact) mass is 346 g/mol. The lowest BCUT2D eigenvalue weighted by atomic mass is 9.95. The lowest BCUT2D eigenvalue weighted by molar-refractivity contribution is 0.166. The number of phenols is 1. The first kappa shape index (κ1) is 21.3. The zero-order valence-electron chi connectivity index (χ0n) is 13.5. The molecule has 1 aromatic carbocycles.